The highest BCUT2D eigenvalue weighted by atomic mass is 35.5. The van der Waals surface area contributed by atoms with Gasteiger partial charge in [-0.3, -0.25) is 4.79 Å². The number of aryl methyl sites for hydroxylation is 1. The number of halogens is 2. The Morgan fingerprint density at radius 1 is 0.914 bits per heavy atom. The molecule has 0 aromatic heterocycles. The summed E-state index contributed by atoms with van der Waals surface area (Å²) in [7, 11) is 1.42. The molecule has 0 aliphatic heterocycles. The van der Waals surface area contributed by atoms with Gasteiger partial charge in [0.15, 0.2) is 6.10 Å². The van der Waals surface area contributed by atoms with E-state index in [1.165, 1.54) is 7.11 Å². The van der Waals surface area contributed by atoms with E-state index >= 15 is 0 Å². The van der Waals surface area contributed by atoms with Gasteiger partial charge in [-0.25, -0.2) is 4.79 Å². The lowest BCUT2D eigenvalue weighted by atomic mass is 10.00. The first kappa shape index (κ1) is 28.3. The lowest BCUT2D eigenvalue weighted by molar-refractivity contribution is -0.150. The first-order valence-corrected chi connectivity index (χ1v) is 11.4. The van der Waals surface area contributed by atoms with E-state index in [4.69, 9.17) is 27.9 Å². The van der Waals surface area contributed by atoms with Crippen LogP contribution in [0.1, 0.15) is 12.0 Å². The molecule has 0 fully saturated rings. The molecule has 2 atom stereocenters. The van der Waals surface area contributed by atoms with Crippen molar-refractivity contribution in [3.8, 4) is 16.9 Å². The number of hydrogen-bond acceptors (Lipinski definition) is 6. The topological polar surface area (TPSA) is 119 Å². The van der Waals surface area contributed by atoms with Crippen LogP contribution in [0.3, 0.4) is 0 Å². The van der Waals surface area contributed by atoms with E-state index in [9.17, 15) is 19.8 Å². The zero-order valence-corrected chi connectivity index (χ0v) is 20.6. The maximum absolute atomic E-state index is 12.0. The second-order valence-electron chi connectivity index (χ2n) is 7.54. The Morgan fingerprint density at radius 2 is 1.51 bits per heavy atom. The molecule has 186 valence electrons. The van der Waals surface area contributed by atoms with Gasteiger partial charge >= 0.3 is 5.97 Å². The second kappa shape index (κ2) is 14.5. The molecule has 0 saturated heterocycles. The number of aliphatic hydroxyl groups is 2. The van der Waals surface area contributed by atoms with E-state index < -0.39 is 24.1 Å². The normalized spacial score (nSPS) is 12.1. The number of nitrogens with two attached hydrogens (primary N) is 1. The number of ether oxygens (including phenoxy) is 2. The van der Waals surface area contributed by atoms with Crippen molar-refractivity contribution in [2.45, 2.75) is 25.0 Å². The van der Waals surface area contributed by atoms with Gasteiger partial charge in [0.2, 0.25) is 5.91 Å². The Balaban J connectivity index is 0.000000641. The fraction of sp³-hybridized carbons (Fsp3) is 0.231. The lowest BCUT2D eigenvalue weighted by Crippen LogP contribution is -2.37. The van der Waals surface area contributed by atoms with Crippen molar-refractivity contribution in [3.63, 3.8) is 0 Å². The molecule has 0 aliphatic rings. The Bertz CT molecular complexity index is 1070. The van der Waals surface area contributed by atoms with Crippen LogP contribution in [-0.2, 0) is 20.7 Å². The van der Waals surface area contributed by atoms with Gasteiger partial charge in [-0.05, 0) is 59.9 Å². The zero-order valence-electron chi connectivity index (χ0n) is 19.1. The summed E-state index contributed by atoms with van der Waals surface area (Å²) in [6.07, 6.45) is -2.12. The largest absolute Gasteiger partial charge is 0.425 e. The first-order chi connectivity index (χ1) is 16.7. The molecule has 4 N–H and O–H groups in total. The number of primary amides is 1. The van der Waals surface area contributed by atoms with Gasteiger partial charge in [0.05, 0.1) is 6.10 Å². The predicted molar refractivity (Wildman–Crippen MR) is 135 cm³/mol. The lowest BCUT2D eigenvalue weighted by Gasteiger charge is -2.16. The minimum absolute atomic E-state index is 0.0139. The number of hydrogen-bond donors (Lipinski definition) is 3. The summed E-state index contributed by atoms with van der Waals surface area (Å²) in [5.74, 6) is -0.991. The number of benzene rings is 3. The Hall–Kier alpha value is -2.94. The van der Waals surface area contributed by atoms with Crippen molar-refractivity contribution in [2.24, 2.45) is 5.73 Å². The fourth-order valence-corrected chi connectivity index (χ4v) is 3.55. The molecular formula is C26H27Cl2NO6. The van der Waals surface area contributed by atoms with E-state index in [0.29, 0.717) is 22.2 Å². The highest BCUT2D eigenvalue weighted by molar-refractivity contribution is 6.35. The van der Waals surface area contributed by atoms with Gasteiger partial charge in [-0.2, -0.15) is 0 Å². The number of amides is 1. The molecule has 0 aliphatic carbocycles. The average Bonchev–Trinajstić information content (AvgIpc) is 2.82. The molecule has 0 bridgehead atoms. The van der Waals surface area contributed by atoms with Crippen molar-refractivity contribution >= 4 is 35.1 Å². The third-order valence-electron chi connectivity index (χ3n) is 4.73. The molecule has 3 aromatic rings. The number of esters is 1. The van der Waals surface area contributed by atoms with Crippen molar-refractivity contribution in [2.75, 3.05) is 13.7 Å². The fourth-order valence-electron chi connectivity index (χ4n) is 3.02. The zero-order chi connectivity index (χ0) is 25.8. The molecule has 0 heterocycles. The molecule has 2 unspecified atom stereocenters. The Morgan fingerprint density at radius 3 is 2.03 bits per heavy atom. The monoisotopic (exact) mass is 519 g/mol. The van der Waals surface area contributed by atoms with Crippen molar-refractivity contribution in [3.05, 3.63) is 88.4 Å². The molecule has 3 aromatic carbocycles. The van der Waals surface area contributed by atoms with E-state index in [1.54, 1.807) is 36.4 Å². The van der Waals surface area contributed by atoms with Gasteiger partial charge < -0.3 is 25.4 Å². The van der Waals surface area contributed by atoms with E-state index in [0.717, 1.165) is 16.7 Å². The van der Waals surface area contributed by atoms with Gasteiger partial charge in [0.25, 0.3) is 0 Å². The standard InChI is InChI=1S/C23H20Cl2O4.C3H7NO2/c24-18-12-17(13-19(25)14-18)16-9-6-15(7-10-16)8-11-21(26)22(27)23(28)29-20-4-2-1-3-5-20;1-6-2-3(4)5/h1-7,9-10,12-14,21-22,26-27H,8,11H2;2H2,1H3,(H2,4,5). The minimum atomic E-state index is -1.61. The summed E-state index contributed by atoms with van der Waals surface area (Å²) >= 11 is 12.1. The predicted octanol–water partition coefficient (Wildman–Crippen LogP) is 4.04. The number of carbonyl (C=O) groups excluding carboxylic acids is 2. The molecule has 0 spiro atoms. The molecule has 9 heteroatoms. The quantitative estimate of drug-likeness (QED) is 0.290. The molecule has 0 radical (unpaired) electrons. The summed E-state index contributed by atoms with van der Waals surface area (Å²) in [5.41, 5.74) is 7.48. The summed E-state index contributed by atoms with van der Waals surface area (Å²) in [6.45, 7) is 0.0139. The van der Waals surface area contributed by atoms with Gasteiger partial charge in [0.1, 0.15) is 12.4 Å². The maximum Gasteiger partial charge on any atom is 0.343 e. The van der Waals surface area contributed by atoms with Crippen LogP contribution < -0.4 is 10.5 Å². The van der Waals surface area contributed by atoms with E-state index in [-0.39, 0.29) is 13.0 Å². The highest BCUT2D eigenvalue weighted by Gasteiger charge is 2.26. The average molecular weight is 520 g/mol. The number of aliphatic hydroxyl groups excluding tert-OH is 2. The number of methoxy groups -OCH3 is 1. The van der Waals surface area contributed by atoms with Crippen molar-refractivity contribution in [1.82, 2.24) is 0 Å². The second-order valence-corrected chi connectivity index (χ2v) is 8.41. The molecular weight excluding hydrogens is 493 g/mol. The van der Waals surface area contributed by atoms with Crippen LogP contribution in [-0.4, -0.2) is 48.0 Å². The number of carbonyl (C=O) groups is 2. The van der Waals surface area contributed by atoms with E-state index in [2.05, 4.69) is 10.5 Å². The summed E-state index contributed by atoms with van der Waals surface area (Å²) in [5, 5.41) is 21.3. The molecule has 3 rings (SSSR count). The number of para-hydroxylation sites is 1. The van der Waals surface area contributed by atoms with Gasteiger partial charge in [0, 0.05) is 17.2 Å². The van der Waals surface area contributed by atoms with Crippen LogP contribution in [0, 0.1) is 0 Å². The van der Waals surface area contributed by atoms with E-state index in [1.807, 2.05) is 36.4 Å². The van der Waals surface area contributed by atoms with Crippen LogP contribution in [0.2, 0.25) is 10.0 Å². The van der Waals surface area contributed by atoms with Crippen LogP contribution in [0.25, 0.3) is 11.1 Å². The van der Waals surface area contributed by atoms with Crippen LogP contribution in [0.5, 0.6) is 5.75 Å². The Labute approximate surface area is 214 Å². The van der Waals surface area contributed by atoms with Gasteiger partial charge in [-0.1, -0.05) is 65.7 Å². The van der Waals surface area contributed by atoms with Crippen molar-refractivity contribution < 1.29 is 29.3 Å². The maximum atomic E-state index is 12.0. The summed E-state index contributed by atoms with van der Waals surface area (Å²) in [4.78, 5) is 21.7. The molecule has 35 heavy (non-hydrogen) atoms. The van der Waals surface area contributed by atoms with Crippen LogP contribution >= 0.6 is 23.2 Å². The molecule has 0 saturated carbocycles. The number of rotatable bonds is 9. The Kier molecular flexibility index (Phi) is 11.7. The summed E-state index contributed by atoms with van der Waals surface area (Å²) < 4.78 is 9.39. The summed E-state index contributed by atoms with van der Waals surface area (Å²) in [6, 6.07) is 21.5. The highest BCUT2D eigenvalue weighted by Crippen LogP contribution is 2.27. The van der Waals surface area contributed by atoms with Crippen LogP contribution in [0.4, 0.5) is 0 Å². The third kappa shape index (κ3) is 10.1. The third-order valence-corrected chi connectivity index (χ3v) is 5.17. The molecule has 7 nitrogen and oxygen atoms in total. The van der Waals surface area contributed by atoms with Crippen LogP contribution in [0.15, 0.2) is 72.8 Å². The minimum Gasteiger partial charge on any atom is -0.425 e. The van der Waals surface area contributed by atoms with Crippen molar-refractivity contribution in [1.29, 1.82) is 0 Å². The van der Waals surface area contributed by atoms with Gasteiger partial charge in [-0.15, -0.1) is 0 Å². The SMILES string of the molecule is COCC(N)=O.O=C(Oc1ccccc1)C(O)C(O)CCc1ccc(-c2cc(Cl)cc(Cl)c2)cc1. The first-order valence-electron chi connectivity index (χ1n) is 10.6. The smallest absolute Gasteiger partial charge is 0.343 e. The molecule has 1 amide bonds.